The Hall–Kier alpha value is -1.65. The first-order chi connectivity index (χ1) is 14.9. The van der Waals surface area contributed by atoms with Crippen molar-refractivity contribution in [2.45, 2.75) is 97.3 Å². The number of hydrogen-bond donors (Lipinski definition) is 0. The Morgan fingerprint density at radius 1 is 0.625 bits per heavy atom. The van der Waals surface area contributed by atoms with Gasteiger partial charge in [-0.15, -0.1) is 0 Å². The summed E-state index contributed by atoms with van der Waals surface area (Å²) in [6.45, 7) is 24.3. The minimum atomic E-state index is -0.504. The van der Waals surface area contributed by atoms with Crippen LogP contribution >= 0.6 is 7.92 Å². The monoisotopic (exact) mass is 444 g/mol. The second kappa shape index (κ2) is 7.99. The van der Waals surface area contributed by atoms with Crippen molar-refractivity contribution in [3.8, 4) is 0 Å². The summed E-state index contributed by atoms with van der Waals surface area (Å²) >= 11 is 0. The van der Waals surface area contributed by atoms with Gasteiger partial charge in [-0.25, -0.2) is 0 Å². The van der Waals surface area contributed by atoms with Gasteiger partial charge in [0.25, 0.3) is 0 Å². The molecule has 0 aromatic heterocycles. The second-order valence-electron chi connectivity index (χ2n) is 11.7. The van der Waals surface area contributed by atoms with Gasteiger partial charge in [0.05, 0.1) is 0 Å². The van der Waals surface area contributed by atoms with Gasteiger partial charge in [-0.05, 0) is 61.6 Å². The lowest BCUT2D eigenvalue weighted by atomic mass is 9.86. The first-order valence-corrected chi connectivity index (χ1v) is 13.7. The minimum Gasteiger partial charge on any atom is -0.0613 e. The highest BCUT2D eigenvalue weighted by Crippen LogP contribution is 2.72. The normalized spacial score (nSPS) is 17.7. The van der Waals surface area contributed by atoms with Gasteiger partial charge >= 0.3 is 0 Å². The molecule has 0 unspecified atom stereocenters. The first-order valence-electron chi connectivity index (χ1n) is 12.4. The molecule has 1 aliphatic heterocycles. The molecule has 0 bridgehead atoms. The summed E-state index contributed by atoms with van der Waals surface area (Å²) in [7, 11) is -0.504. The summed E-state index contributed by atoms with van der Waals surface area (Å²) in [6, 6.07) is 19.0. The second-order valence-corrected chi connectivity index (χ2v) is 15.0. The standard InChI is InChI=1S/C31H41P/c1-19(2)23-17-24(20(3)4)29(25(18-23)21(5)6)32-30(7,8)26-15-11-13-22-14-12-16-27(28(22)26)31(32,9)10/h11-21H,1-10H3. The van der Waals surface area contributed by atoms with Crippen LogP contribution in [0.3, 0.4) is 0 Å². The Labute approximate surface area is 197 Å². The zero-order valence-corrected chi connectivity index (χ0v) is 22.7. The van der Waals surface area contributed by atoms with Crippen LogP contribution in [0.1, 0.15) is 115 Å². The molecule has 1 aliphatic rings. The van der Waals surface area contributed by atoms with Crippen LogP contribution in [0.4, 0.5) is 0 Å². The molecule has 1 heterocycles. The van der Waals surface area contributed by atoms with Gasteiger partial charge in [-0.1, -0.05) is 126 Å². The molecule has 0 fully saturated rings. The lowest BCUT2D eigenvalue weighted by Crippen LogP contribution is -2.38. The Morgan fingerprint density at radius 3 is 1.44 bits per heavy atom. The van der Waals surface area contributed by atoms with Gasteiger partial charge in [0.1, 0.15) is 0 Å². The van der Waals surface area contributed by atoms with E-state index in [4.69, 9.17) is 0 Å². The van der Waals surface area contributed by atoms with E-state index < -0.39 is 7.92 Å². The molecule has 0 aliphatic carbocycles. The zero-order valence-electron chi connectivity index (χ0n) is 21.8. The van der Waals surface area contributed by atoms with Crippen LogP contribution in [0.2, 0.25) is 0 Å². The summed E-state index contributed by atoms with van der Waals surface area (Å²) in [6.07, 6.45) is 0. The molecule has 0 spiro atoms. The van der Waals surface area contributed by atoms with Crippen LogP contribution in [0, 0.1) is 0 Å². The average Bonchev–Trinajstić information content (AvgIpc) is 2.71. The van der Waals surface area contributed by atoms with Crippen molar-refractivity contribution in [1.82, 2.24) is 0 Å². The predicted octanol–water partition coefficient (Wildman–Crippen LogP) is 9.50. The molecule has 32 heavy (non-hydrogen) atoms. The van der Waals surface area contributed by atoms with Crippen molar-refractivity contribution in [3.05, 3.63) is 76.3 Å². The molecular formula is C31H41P. The molecule has 0 amide bonds. The summed E-state index contributed by atoms with van der Waals surface area (Å²) in [5.41, 5.74) is 7.73. The summed E-state index contributed by atoms with van der Waals surface area (Å²) in [5.74, 6) is 1.58. The average molecular weight is 445 g/mol. The molecule has 0 atom stereocenters. The van der Waals surface area contributed by atoms with Gasteiger partial charge in [0, 0.05) is 10.3 Å². The maximum atomic E-state index is 2.55. The van der Waals surface area contributed by atoms with Crippen molar-refractivity contribution >= 4 is 24.0 Å². The van der Waals surface area contributed by atoms with Crippen molar-refractivity contribution in [3.63, 3.8) is 0 Å². The van der Waals surface area contributed by atoms with Crippen LogP contribution in [0.15, 0.2) is 48.5 Å². The molecular weight excluding hydrogens is 403 g/mol. The molecule has 0 N–H and O–H groups in total. The molecule has 170 valence electrons. The molecule has 0 saturated carbocycles. The number of rotatable bonds is 4. The highest BCUT2D eigenvalue weighted by Gasteiger charge is 2.49. The largest absolute Gasteiger partial charge is 0.0613 e. The van der Waals surface area contributed by atoms with Crippen molar-refractivity contribution in [2.24, 2.45) is 0 Å². The molecule has 1 heteroatoms. The maximum absolute atomic E-state index is 2.55. The lowest BCUT2D eigenvalue weighted by molar-refractivity contribution is 0.677. The van der Waals surface area contributed by atoms with Crippen LogP contribution in [0.5, 0.6) is 0 Å². The highest BCUT2D eigenvalue weighted by atomic mass is 31.1. The Kier molecular flexibility index (Phi) is 5.87. The van der Waals surface area contributed by atoms with E-state index in [1.165, 1.54) is 27.5 Å². The van der Waals surface area contributed by atoms with E-state index in [1.807, 2.05) is 0 Å². The number of benzene rings is 3. The third-order valence-corrected chi connectivity index (χ3v) is 11.3. The van der Waals surface area contributed by atoms with Gasteiger partial charge in [-0.3, -0.25) is 0 Å². The molecule has 4 rings (SSSR count). The molecule has 0 nitrogen and oxygen atoms in total. The Bertz CT molecular complexity index is 1080. The van der Waals surface area contributed by atoms with Gasteiger partial charge < -0.3 is 0 Å². The van der Waals surface area contributed by atoms with E-state index in [-0.39, 0.29) is 10.3 Å². The van der Waals surface area contributed by atoms with E-state index in [9.17, 15) is 0 Å². The van der Waals surface area contributed by atoms with E-state index in [2.05, 4.69) is 118 Å². The van der Waals surface area contributed by atoms with E-state index >= 15 is 0 Å². The molecule has 3 aromatic rings. The van der Waals surface area contributed by atoms with Gasteiger partial charge in [0.15, 0.2) is 0 Å². The summed E-state index contributed by atoms with van der Waals surface area (Å²) in [4.78, 5) is 0. The number of hydrogen-bond acceptors (Lipinski definition) is 0. The van der Waals surface area contributed by atoms with E-state index in [1.54, 1.807) is 16.4 Å². The highest BCUT2D eigenvalue weighted by molar-refractivity contribution is 7.68. The topological polar surface area (TPSA) is 0 Å². The van der Waals surface area contributed by atoms with E-state index in [0.29, 0.717) is 17.8 Å². The first kappa shape index (κ1) is 23.5. The zero-order chi connectivity index (χ0) is 23.6. The van der Waals surface area contributed by atoms with Crippen LogP contribution in [-0.2, 0) is 10.3 Å². The SMILES string of the molecule is CC(C)c1cc(C(C)C)c(P2C(C)(C)c3cccc4cccc(c34)C2(C)C)c(C(C)C)c1. The lowest BCUT2D eigenvalue weighted by Gasteiger charge is -2.52. The quantitative estimate of drug-likeness (QED) is 0.351. The van der Waals surface area contributed by atoms with Gasteiger partial charge in [-0.2, -0.15) is 0 Å². The van der Waals surface area contributed by atoms with Crippen molar-refractivity contribution in [2.75, 3.05) is 0 Å². The van der Waals surface area contributed by atoms with Crippen molar-refractivity contribution < 1.29 is 0 Å². The predicted molar refractivity (Wildman–Crippen MR) is 145 cm³/mol. The van der Waals surface area contributed by atoms with Crippen molar-refractivity contribution in [1.29, 1.82) is 0 Å². The molecule has 3 aromatic carbocycles. The fourth-order valence-electron chi connectivity index (χ4n) is 6.04. The molecule has 0 saturated heterocycles. The summed E-state index contributed by atoms with van der Waals surface area (Å²) < 4.78 is 0. The van der Waals surface area contributed by atoms with Gasteiger partial charge in [0.2, 0.25) is 0 Å². The maximum Gasteiger partial charge on any atom is 0.0153 e. The third kappa shape index (κ3) is 3.45. The summed E-state index contributed by atoms with van der Waals surface area (Å²) in [5, 5.41) is 4.76. The fourth-order valence-corrected chi connectivity index (χ4v) is 10.6. The van der Waals surface area contributed by atoms with Crippen LogP contribution < -0.4 is 5.30 Å². The van der Waals surface area contributed by atoms with E-state index in [0.717, 1.165) is 0 Å². The Morgan fingerprint density at radius 2 is 1.06 bits per heavy atom. The Balaban J connectivity index is 2.12. The van der Waals surface area contributed by atoms with Crippen LogP contribution in [-0.4, -0.2) is 0 Å². The minimum absolute atomic E-state index is 0.0966. The smallest absolute Gasteiger partial charge is 0.0153 e. The fraction of sp³-hybridized carbons (Fsp3) is 0.484. The third-order valence-electron chi connectivity index (χ3n) is 7.67. The molecule has 0 radical (unpaired) electrons. The van der Waals surface area contributed by atoms with Crippen LogP contribution in [0.25, 0.3) is 10.8 Å².